The number of nitrogens with zero attached hydrogens (tertiary/aromatic N) is 2. The van der Waals surface area contributed by atoms with Gasteiger partial charge in [0.15, 0.2) is 0 Å². The van der Waals surface area contributed by atoms with Crippen molar-refractivity contribution in [2.75, 3.05) is 34.2 Å². The van der Waals surface area contributed by atoms with E-state index in [1.54, 1.807) is 19.0 Å². The summed E-state index contributed by atoms with van der Waals surface area (Å²) < 4.78 is 0. The van der Waals surface area contributed by atoms with E-state index in [2.05, 4.69) is 17.3 Å². The Labute approximate surface area is 118 Å². The summed E-state index contributed by atoms with van der Waals surface area (Å²) in [7, 11) is 5.81. The van der Waals surface area contributed by atoms with E-state index >= 15 is 0 Å². The van der Waals surface area contributed by atoms with E-state index in [0.29, 0.717) is 0 Å². The Bertz CT molecular complexity index is 250. The summed E-state index contributed by atoms with van der Waals surface area (Å²) in [6, 6.07) is 0.835. The maximum Gasteiger partial charge on any atom is 0.316 e. The first-order valence-corrected chi connectivity index (χ1v) is 7.76. The molecular formula is C15H31N3O. The third-order valence-corrected chi connectivity index (χ3v) is 4.07. The first-order valence-electron chi connectivity index (χ1n) is 7.76. The maximum atomic E-state index is 11.3. The molecule has 1 saturated carbocycles. The van der Waals surface area contributed by atoms with Crippen LogP contribution in [0.4, 0.5) is 4.79 Å². The average molecular weight is 269 g/mol. The second-order valence-corrected chi connectivity index (χ2v) is 5.96. The largest absolute Gasteiger partial charge is 0.338 e. The third kappa shape index (κ3) is 6.81. The van der Waals surface area contributed by atoms with Gasteiger partial charge in [0, 0.05) is 26.7 Å². The molecule has 1 N–H and O–H groups in total. The van der Waals surface area contributed by atoms with Gasteiger partial charge in [-0.25, -0.2) is 4.79 Å². The van der Waals surface area contributed by atoms with Gasteiger partial charge in [-0.3, -0.25) is 0 Å². The molecule has 0 aromatic rings. The molecule has 19 heavy (non-hydrogen) atoms. The SMILES string of the molecule is CN(C)C(=O)NCCCCCN(C)C1CCCCC1. The number of hydrogen-bond donors (Lipinski definition) is 1. The molecule has 1 aliphatic carbocycles. The van der Waals surface area contributed by atoms with Crippen molar-refractivity contribution in [2.45, 2.75) is 57.4 Å². The summed E-state index contributed by atoms with van der Waals surface area (Å²) in [4.78, 5) is 15.4. The minimum Gasteiger partial charge on any atom is -0.338 e. The lowest BCUT2D eigenvalue weighted by atomic mass is 9.94. The van der Waals surface area contributed by atoms with Crippen molar-refractivity contribution in [1.29, 1.82) is 0 Å². The van der Waals surface area contributed by atoms with Crippen LogP contribution in [0.1, 0.15) is 51.4 Å². The number of nitrogens with one attached hydrogen (secondary N) is 1. The van der Waals surface area contributed by atoms with Crippen LogP contribution >= 0.6 is 0 Å². The van der Waals surface area contributed by atoms with Crippen LogP contribution in [0.2, 0.25) is 0 Å². The number of carbonyl (C=O) groups excluding carboxylic acids is 1. The van der Waals surface area contributed by atoms with Crippen LogP contribution in [0, 0.1) is 0 Å². The van der Waals surface area contributed by atoms with Crippen molar-refractivity contribution in [3.63, 3.8) is 0 Å². The summed E-state index contributed by atoms with van der Waals surface area (Å²) in [5, 5.41) is 2.91. The molecule has 4 heteroatoms. The third-order valence-electron chi connectivity index (χ3n) is 4.07. The van der Waals surface area contributed by atoms with Crippen LogP contribution in [0.5, 0.6) is 0 Å². The number of hydrogen-bond acceptors (Lipinski definition) is 2. The molecule has 0 aliphatic heterocycles. The van der Waals surface area contributed by atoms with E-state index in [4.69, 9.17) is 0 Å². The second-order valence-electron chi connectivity index (χ2n) is 5.96. The van der Waals surface area contributed by atoms with Crippen LogP contribution in [-0.4, -0.2) is 56.1 Å². The summed E-state index contributed by atoms with van der Waals surface area (Å²) in [5.74, 6) is 0. The topological polar surface area (TPSA) is 35.6 Å². The molecule has 1 fully saturated rings. The molecule has 0 radical (unpaired) electrons. The summed E-state index contributed by atoms with van der Waals surface area (Å²) >= 11 is 0. The number of amides is 2. The van der Waals surface area contributed by atoms with Gasteiger partial charge in [0.1, 0.15) is 0 Å². The van der Waals surface area contributed by atoms with Gasteiger partial charge in [-0.2, -0.15) is 0 Å². The average Bonchev–Trinajstić information content (AvgIpc) is 2.42. The molecule has 0 saturated heterocycles. The zero-order chi connectivity index (χ0) is 14.1. The van der Waals surface area contributed by atoms with Crippen LogP contribution in [0.15, 0.2) is 0 Å². The lowest BCUT2D eigenvalue weighted by Crippen LogP contribution is -2.35. The quantitative estimate of drug-likeness (QED) is 0.721. The zero-order valence-corrected chi connectivity index (χ0v) is 13.0. The second kappa shape index (κ2) is 9.18. The Morgan fingerprint density at radius 3 is 2.37 bits per heavy atom. The highest BCUT2D eigenvalue weighted by Crippen LogP contribution is 2.21. The standard InChI is InChI=1S/C15H31N3O/c1-17(2)15(19)16-12-8-5-9-13-18(3)14-10-6-4-7-11-14/h14H,4-13H2,1-3H3,(H,16,19). The molecule has 0 heterocycles. The van der Waals surface area contributed by atoms with E-state index < -0.39 is 0 Å². The van der Waals surface area contributed by atoms with Gasteiger partial charge >= 0.3 is 6.03 Å². The first kappa shape index (κ1) is 16.3. The van der Waals surface area contributed by atoms with Crippen molar-refractivity contribution in [2.24, 2.45) is 0 Å². The maximum absolute atomic E-state index is 11.3. The fourth-order valence-corrected chi connectivity index (χ4v) is 2.72. The molecule has 0 bridgehead atoms. The Hall–Kier alpha value is -0.770. The van der Waals surface area contributed by atoms with Crippen LogP contribution in [0.3, 0.4) is 0 Å². The molecule has 0 atom stereocenters. The zero-order valence-electron chi connectivity index (χ0n) is 13.0. The van der Waals surface area contributed by atoms with Crippen LogP contribution in [-0.2, 0) is 0 Å². The van der Waals surface area contributed by atoms with E-state index in [-0.39, 0.29) is 6.03 Å². The fourth-order valence-electron chi connectivity index (χ4n) is 2.72. The van der Waals surface area contributed by atoms with E-state index in [1.165, 1.54) is 51.5 Å². The summed E-state index contributed by atoms with van der Waals surface area (Å²) in [6.45, 7) is 2.00. The molecule has 1 aliphatic rings. The highest BCUT2D eigenvalue weighted by Gasteiger charge is 2.17. The van der Waals surface area contributed by atoms with Crippen molar-refractivity contribution >= 4 is 6.03 Å². The van der Waals surface area contributed by atoms with Crippen molar-refractivity contribution in [1.82, 2.24) is 15.1 Å². The smallest absolute Gasteiger partial charge is 0.316 e. The molecule has 112 valence electrons. The van der Waals surface area contributed by atoms with Gasteiger partial charge in [-0.1, -0.05) is 25.7 Å². The fraction of sp³-hybridized carbons (Fsp3) is 0.933. The van der Waals surface area contributed by atoms with Gasteiger partial charge in [0.05, 0.1) is 0 Å². The normalized spacial score (nSPS) is 16.6. The predicted octanol–water partition coefficient (Wildman–Crippen LogP) is 2.69. The van der Waals surface area contributed by atoms with E-state index in [0.717, 1.165) is 19.0 Å². The number of unbranched alkanes of at least 4 members (excludes halogenated alkanes) is 2. The molecule has 1 rings (SSSR count). The number of urea groups is 1. The molecule has 2 amide bonds. The number of carbonyl (C=O) groups is 1. The molecular weight excluding hydrogens is 238 g/mol. The highest BCUT2D eigenvalue weighted by atomic mass is 16.2. The number of rotatable bonds is 7. The Balaban J connectivity index is 1.96. The van der Waals surface area contributed by atoms with Crippen molar-refractivity contribution in [3.8, 4) is 0 Å². The van der Waals surface area contributed by atoms with E-state index in [1.807, 2.05) is 0 Å². The molecule has 4 nitrogen and oxygen atoms in total. The van der Waals surface area contributed by atoms with Crippen LogP contribution < -0.4 is 5.32 Å². The van der Waals surface area contributed by atoms with Gasteiger partial charge in [-0.15, -0.1) is 0 Å². The lowest BCUT2D eigenvalue weighted by Gasteiger charge is -2.31. The van der Waals surface area contributed by atoms with Gasteiger partial charge in [-0.05, 0) is 39.3 Å². The van der Waals surface area contributed by atoms with Gasteiger partial charge < -0.3 is 15.1 Å². The molecule has 0 aromatic heterocycles. The van der Waals surface area contributed by atoms with E-state index in [9.17, 15) is 4.79 Å². The van der Waals surface area contributed by atoms with Gasteiger partial charge in [0.2, 0.25) is 0 Å². The summed E-state index contributed by atoms with van der Waals surface area (Å²) in [5.41, 5.74) is 0. The monoisotopic (exact) mass is 269 g/mol. The molecule has 0 unspecified atom stereocenters. The highest BCUT2D eigenvalue weighted by molar-refractivity contribution is 5.73. The Morgan fingerprint density at radius 1 is 1.05 bits per heavy atom. The first-order chi connectivity index (χ1) is 9.11. The minimum atomic E-state index is 0.0133. The molecule has 0 spiro atoms. The predicted molar refractivity (Wildman–Crippen MR) is 80.4 cm³/mol. The minimum absolute atomic E-state index is 0.0133. The van der Waals surface area contributed by atoms with Crippen molar-refractivity contribution in [3.05, 3.63) is 0 Å². The Kier molecular flexibility index (Phi) is 7.87. The lowest BCUT2D eigenvalue weighted by molar-refractivity contribution is 0.188. The van der Waals surface area contributed by atoms with Crippen molar-refractivity contribution < 1.29 is 4.79 Å². The summed E-state index contributed by atoms with van der Waals surface area (Å²) in [6.07, 6.45) is 10.5. The Morgan fingerprint density at radius 2 is 1.74 bits per heavy atom. The van der Waals surface area contributed by atoms with Gasteiger partial charge in [0.25, 0.3) is 0 Å². The van der Waals surface area contributed by atoms with Crippen LogP contribution in [0.25, 0.3) is 0 Å². The molecule has 0 aromatic carbocycles.